The predicted octanol–water partition coefficient (Wildman–Crippen LogP) is 7.91. The number of nitrogens with one attached hydrogen (secondary N) is 1. The standard InChI is InChI=1S/C32H27ClF3N3O2/c1-20-16-25(33)9-12-27(20)23-8-14-29-38-31(22-6-10-26(41-2)11-7-22)28(39(29)19-23)13-15-30(40)37-18-21-4-3-5-24(17-21)32(34,35)36/h3-12,14,16-17,19H,13,15,18H2,1-2H3,(H,37,40). The summed E-state index contributed by atoms with van der Waals surface area (Å²) in [5, 5.41) is 3.41. The fourth-order valence-corrected chi connectivity index (χ4v) is 5.03. The molecule has 1 amide bonds. The fraction of sp³-hybridized carbons (Fsp3) is 0.188. The van der Waals surface area contributed by atoms with Gasteiger partial charge in [-0.25, -0.2) is 4.98 Å². The third-order valence-corrected chi connectivity index (χ3v) is 7.15. The van der Waals surface area contributed by atoms with Crippen LogP contribution in [-0.4, -0.2) is 22.4 Å². The first-order chi connectivity index (χ1) is 19.6. The summed E-state index contributed by atoms with van der Waals surface area (Å²) in [5.41, 5.74) is 5.85. The minimum atomic E-state index is -4.44. The lowest BCUT2D eigenvalue weighted by Gasteiger charge is -2.11. The molecule has 0 aliphatic heterocycles. The Morgan fingerprint density at radius 3 is 2.46 bits per heavy atom. The molecule has 0 saturated heterocycles. The maximum atomic E-state index is 13.1. The lowest BCUT2D eigenvalue weighted by molar-refractivity contribution is -0.137. The van der Waals surface area contributed by atoms with Gasteiger partial charge in [0, 0.05) is 29.7 Å². The topological polar surface area (TPSA) is 55.6 Å². The second-order valence-electron chi connectivity index (χ2n) is 9.72. The number of carbonyl (C=O) groups excluding carboxylic acids is 1. The number of halogens is 4. The van der Waals surface area contributed by atoms with E-state index in [2.05, 4.69) is 5.32 Å². The van der Waals surface area contributed by atoms with E-state index in [0.29, 0.717) is 22.8 Å². The minimum absolute atomic E-state index is 0.00122. The molecule has 9 heteroatoms. The van der Waals surface area contributed by atoms with E-state index in [9.17, 15) is 18.0 Å². The van der Waals surface area contributed by atoms with Crippen LogP contribution in [0.25, 0.3) is 28.0 Å². The fourth-order valence-electron chi connectivity index (χ4n) is 4.80. The van der Waals surface area contributed by atoms with Crippen molar-refractivity contribution in [1.82, 2.24) is 14.7 Å². The zero-order valence-corrected chi connectivity index (χ0v) is 23.2. The van der Waals surface area contributed by atoms with Crippen LogP contribution in [0.3, 0.4) is 0 Å². The number of imidazole rings is 1. The first-order valence-corrected chi connectivity index (χ1v) is 13.3. The number of alkyl halides is 3. The summed E-state index contributed by atoms with van der Waals surface area (Å²) < 4.78 is 46.5. The average molecular weight is 578 g/mol. The van der Waals surface area contributed by atoms with Crippen LogP contribution < -0.4 is 10.1 Å². The molecule has 0 fully saturated rings. The zero-order chi connectivity index (χ0) is 29.1. The summed E-state index contributed by atoms with van der Waals surface area (Å²) >= 11 is 6.17. The molecule has 41 heavy (non-hydrogen) atoms. The van der Waals surface area contributed by atoms with Gasteiger partial charge in [-0.05, 0) is 96.3 Å². The Morgan fingerprint density at radius 1 is 1.00 bits per heavy atom. The molecule has 0 aliphatic rings. The lowest BCUT2D eigenvalue weighted by atomic mass is 10.0. The molecule has 0 unspecified atom stereocenters. The predicted molar refractivity (Wildman–Crippen MR) is 154 cm³/mol. The number of nitrogens with zero attached hydrogens (tertiary/aromatic N) is 2. The molecule has 5 rings (SSSR count). The molecule has 0 saturated carbocycles. The van der Waals surface area contributed by atoms with E-state index < -0.39 is 11.7 Å². The van der Waals surface area contributed by atoms with Gasteiger partial charge in [-0.1, -0.05) is 29.8 Å². The molecule has 2 heterocycles. The number of ether oxygens (including phenoxy) is 1. The van der Waals surface area contributed by atoms with Crippen molar-refractivity contribution < 1.29 is 22.7 Å². The van der Waals surface area contributed by atoms with Crippen LogP contribution in [0.5, 0.6) is 5.75 Å². The van der Waals surface area contributed by atoms with Crippen molar-refractivity contribution in [3.8, 4) is 28.1 Å². The minimum Gasteiger partial charge on any atom is -0.497 e. The molecule has 0 aliphatic carbocycles. The summed E-state index contributed by atoms with van der Waals surface area (Å²) in [6, 6.07) is 22.2. The maximum Gasteiger partial charge on any atom is 0.416 e. The van der Waals surface area contributed by atoms with Crippen molar-refractivity contribution in [2.75, 3.05) is 7.11 Å². The number of rotatable bonds is 8. The van der Waals surface area contributed by atoms with Crippen LogP contribution in [0.2, 0.25) is 5.02 Å². The molecular formula is C32H27ClF3N3O2. The van der Waals surface area contributed by atoms with E-state index in [4.69, 9.17) is 21.3 Å². The smallest absolute Gasteiger partial charge is 0.416 e. The summed E-state index contributed by atoms with van der Waals surface area (Å²) in [4.78, 5) is 17.7. The van der Waals surface area contributed by atoms with Gasteiger partial charge in [-0.3, -0.25) is 4.79 Å². The summed E-state index contributed by atoms with van der Waals surface area (Å²) in [7, 11) is 1.60. The maximum absolute atomic E-state index is 13.1. The molecule has 210 valence electrons. The van der Waals surface area contributed by atoms with E-state index in [1.165, 1.54) is 6.07 Å². The molecule has 3 aromatic carbocycles. The Bertz CT molecular complexity index is 1710. The van der Waals surface area contributed by atoms with E-state index in [-0.39, 0.29) is 18.9 Å². The quantitative estimate of drug-likeness (QED) is 0.204. The monoisotopic (exact) mass is 577 g/mol. The number of carbonyl (C=O) groups is 1. The van der Waals surface area contributed by atoms with E-state index in [1.54, 1.807) is 13.2 Å². The van der Waals surface area contributed by atoms with Gasteiger partial charge in [0.15, 0.2) is 0 Å². The first kappa shape index (κ1) is 28.2. The highest BCUT2D eigenvalue weighted by molar-refractivity contribution is 6.30. The van der Waals surface area contributed by atoms with Gasteiger partial charge >= 0.3 is 6.18 Å². The molecule has 5 aromatic rings. The third kappa shape index (κ3) is 6.38. The third-order valence-electron chi connectivity index (χ3n) is 6.91. The van der Waals surface area contributed by atoms with E-state index in [0.717, 1.165) is 51.4 Å². The van der Waals surface area contributed by atoms with Crippen LogP contribution in [0.15, 0.2) is 85.1 Å². The zero-order valence-electron chi connectivity index (χ0n) is 22.4. The number of aryl methyl sites for hydroxylation is 2. The molecule has 2 aromatic heterocycles. The summed E-state index contributed by atoms with van der Waals surface area (Å²) in [6.07, 6.45) is -1.95. The highest BCUT2D eigenvalue weighted by Gasteiger charge is 2.30. The van der Waals surface area contributed by atoms with Crippen LogP contribution >= 0.6 is 11.6 Å². The molecular weight excluding hydrogens is 551 g/mol. The number of fused-ring (bicyclic) bond motifs is 1. The highest BCUT2D eigenvalue weighted by atomic mass is 35.5. The Labute approximate surface area is 240 Å². The van der Waals surface area contributed by atoms with Crippen molar-refractivity contribution in [2.45, 2.75) is 32.5 Å². The van der Waals surface area contributed by atoms with Crippen molar-refractivity contribution >= 4 is 23.2 Å². The van der Waals surface area contributed by atoms with Crippen molar-refractivity contribution in [1.29, 1.82) is 0 Å². The largest absolute Gasteiger partial charge is 0.497 e. The van der Waals surface area contributed by atoms with Crippen molar-refractivity contribution in [3.63, 3.8) is 0 Å². The van der Waals surface area contributed by atoms with Crippen LogP contribution in [0.1, 0.15) is 28.8 Å². The second-order valence-corrected chi connectivity index (χ2v) is 10.2. The number of pyridine rings is 1. The SMILES string of the molecule is COc1ccc(-c2nc3ccc(-c4ccc(Cl)cc4C)cn3c2CCC(=O)NCc2cccc(C(F)(F)F)c2)cc1. The normalized spacial score (nSPS) is 11.6. The average Bonchev–Trinajstić information content (AvgIpc) is 3.32. The lowest BCUT2D eigenvalue weighted by Crippen LogP contribution is -2.23. The van der Waals surface area contributed by atoms with Gasteiger partial charge in [-0.15, -0.1) is 0 Å². The van der Waals surface area contributed by atoms with Crippen molar-refractivity contribution in [2.24, 2.45) is 0 Å². The number of amides is 1. The van der Waals surface area contributed by atoms with Crippen LogP contribution in [0.4, 0.5) is 13.2 Å². The Hall–Kier alpha value is -4.30. The van der Waals surface area contributed by atoms with E-state index >= 15 is 0 Å². The van der Waals surface area contributed by atoms with Crippen LogP contribution in [0, 0.1) is 6.92 Å². The van der Waals surface area contributed by atoms with Gasteiger partial charge in [0.25, 0.3) is 0 Å². The number of aromatic nitrogens is 2. The number of methoxy groups -OCH3 is 1. The Morgan fingerprint density at radius 2 is 1.76 bits per heavy atom. The second kappa shape index (κ2) is 11.7. The molecule has 5 nitrogen and oxygen atoms in total. The van der Waals surface area contributed by atoms with Gasteiger partial charge < -0.3 is 14.5 Å². The van der Waals surface area contributed by atoms with Crippen molar-refractivity contribution in [3.05, 3.63) is 112 Å². The molecule has 1 N–H and O–H groups in total. The van der Waals surface area contributed by atoms with Gasteiger partial charge in [0.1, 0.15) is 11.4 Å². The van der Waals surface area contributed by atoms with Gasteiger partial charge in [0.2, 0.25) is 5.91 Å². The number of hydrogen-bond donors (Lipinski definition) is 1. The highest BCUT2D eigenvalue weighted by Crippen LogP contribution is 2.32. The molecule has 0 spiro atoms. The van der Waals surface area contributed by atoms with E-state index in [1.807, 2.05) is 72.1 Å². The summed E-state index contributed by atoms with van der Waals surface area (Å²) in [6.45, 7) is 2.00. The van der Waals surface area contributed by atoms with Crippen LogP contribution in [-0.2, 0) is 23.9 Å². The molecule has 0 atom stereocenters. The van der Waals surface area contributed by atoms with Gasteiger partial charge in [0.05, 0.1) is 24.1 Å². The van der Waals surface area contributed by atoms with Gasteiger partial charge in [-0.2, -0.15) is 13.2 Å². The first-order valence-electron chi connectivity index (χ1n) is 13.0. The summed E-state index contributed by atoms with van der Waals surface area (Å²) in [5.74, 6) is 0.441. The molecule has 0 radical (unpaired) electrons. The Kier molecular flexibility index (Phi) is 8.03. The Balaban J connectivity index is 1.43. The molecule has 0 bridgehead atoms. The number of hydrogen-bond acceptors (Lipinski definition) is 3. The number of benzene rings is 3.